The molecule has 1 saturated carbocycles. The fourth-order valence-electron chi connectivity index (χ4n) is 11.8. The first-order valence-corrected chi connectivity index (χ1v) is 34.3. The van der Waals surface area contributed by atoms with Gasteiger partial charge < -0.3 is 12.3 Å². The van der Waals surface area contributed by atoms with Crippen LogP contribution >= 0.6 is 23.8 Å². The molecule has 6 heteroatoms. The molecule has 0 aliphatic heterocycles. The Morgan fingerprint density at radius 1 is 0.213 bits per heavy atom. The smallest absolute Gasteiger partial charge is 0.357 e. The molecule has 3 atom stereocenters. The molecule has 0 saturated heterocycles. The molecule has 1 aliphatic rings. The van der Waals surface area contributed by atoms with Crippen LogP contribution < -0.4 is 47.7 Å². The van der Waals surface area contributed by atoms with Crippen molar-refractivity contribution < 1.29 is 67.1 Å². The van der Waals surface area contributed by atoms with Gasteiger partial charge in [-0.05, 0) is 121 Å². The number of benzene rings is 13. The van der Waals surface area contributed by atoms with E-state index in [1.807, 2.05) is 0 Å². The Morgan fingerprint density at radius 3 is 0.618 bits per heavy atom. The van der Waals surface area contributed by atoms with Gasteiger partial charge in [-0.1, -0.05) is 278 Å². The van der Waals surface area contributed by atoms with E-state index in [0.717, 1.165) is 0 Å². The summed E-state index contributed by atoms with van der Waals surface area (Å²) in [6.07, 6.45) is 2.51. The third kappa shape index (κ3) is 18.7. The number of hydrogen-bond donors (Lipinski definition) is 0. The van der Waals surface area contributed by atoms with E-state index in [9.17, 15) is 0 Å². The molecule has 13 aromatic rings. The summed E-state index contributed by atoms with van der Waals surface area (Å²) in [6.45, 7) is 0. The standard InChI is InChI=1S/C29H24.3C18H15P.3Au/c1-5-13-22(14-6-1)26-21-27(23-15-7-2-8-16-23)29(25-19-11-4-12-20-25)28(26)24-17-9-3-10-18-24;3*1-4-10-16(11-5-1)19(17-12-6-2-7-13-17)18-14-8-3-9-15-18;;;/h1-21,26,28-29H;3*1-15H;;;/q-2;;;;;2*+1/p+3. The second-order valence-corrected chi connectivity index (χ2v) is 28.6. The number of hydrogen-bond acceptors (Lipinski definition) is 0. The van der Waals surface area contributed by atoms with E-state index in [-0.39, 0.29) is 67.1 Å². The topological polar surface area (TPSA) is 0 Å². The SMILES string of the molecule is [Au+].[Au+].[Au].c1ccc([C-]2[CH-]C(c3ccccc3)C(c3ccccc3)C2c2ccccc2)cc1.c1ccc([PH+](c2ccccc2)c2ccccc2)cc1.c1ccc([PH+](c2ccccc2)c2ccccc2)cc1.c1ccc([PH+](c2ccccc2)c2ccccc2)cc1. The van der Waals surface area contributed by atoms with Gasteiger partial charge in [0.1, 0.15) is 47.7 Å². The fraction of sp³-hybridized carbons (Fsp3) is 0.0361. The van der Waals surface area contributed by atoms with Crippen molar-refractivity contribution >= 4 is 71.5 Å². The Bertz CT molecular complexity index is 3300. The van der Waals surface area contributed by atoms with Crippen molar-refractivity contribution in [1.82, 2.24) is 0 Å². The van der Waals surface area contributed by atoms with Gasteiger partial charge in [0.2, 0.25) is 0 Å². The summed E-state index contributed by atoms with van der Waals surface area (Å²) in [5.41, 5.74) is 5.49. The zero-order chi connectivity index (χ0) is 58.2. The largest absolute Gasteiger partial charge is 1.00 e. The average molecular weight is 1750 g/mol. The summed E-state index contributed by atoms with van der Waals surface area (Å²) in [5, 5.41) is 12.9. The van der Waals surface area contributed by atoms with Crippen LogP contribution in [0.25, 0.3) is 0 Å². The Kier molecular flexibility index (Phi) is 28.2. The predicted molar refractivity (Wildman–Crippen MR) is 380 cm³/mol. The van der Waals surface area contributed by atoms with Crippen LogP contribution in [0.4, 0.5) is 0 Å². The van der Waals surface area contributed by atoms with Crippen LogP contribution in [0.5, 0.6) is 0 Å². The Labute approximate surface area is 579 Å². The van der Waals surface area contributed by atoms with Gasteiger partial charge in [0.05, 0.1) is 23.8 Å². The van der Waals surface area contributed by atoms with E-state index >= 15 is 0 Å². The van der Waals surface area contributed by atoms with Crippen molar-refractivity contribution in [1.29, 1.82) is 0 Å². The summed E-state index contributed by atoms with van der Waals surface area (Å²) in [6, 6.07) is 141. The summed E-state index contributed by atoms with van der Waals surface area (Å²) >= 11 is 0. The molecule has 0 bridgehead atoms. The Balaban J connectivity index is 0.000000155. The maximum atomic E-state index is 2.51. The molecule has 1 aliphatic carbocycles. The van der Waals surface area contributed by atoms with Gasteiger partial charge >= 0.3 is 44.8 Å². The third-order valence-electron chi connectivity index (χ3n) is 15.6. The maximum Gasteiger partial charge on any atom is 1.00 e. The zero-order valence-electron chi connectivity index (χ0n) is 49.2. The molecule has 0 aromatic heterocycles. The first kappa shape index (κ1) is 68.2. The van der Waals surface area contributed by atoms with E-state index < -0.39 is 23.8 Å². The van der Waals surface area contributed by atoms with E-state index in [4.69, 9.17) is 0 Å². The summed E-state index contributed by atoms with van der Waals surface area (Å²) < 4.78 is 0. The molecule has 0 heterocycles. The molecular weight excluding hydrogens is 1680 g/mol. The quantitative estimate of drug-likeness (QED) is 0.0613. The molecule has 0 amide bonds. The van der Waals surface area contributed by atoms with Crippen LogP contribution in [0.3, 0.4) is 0 Å². The molecular formula is C83H72Au3P3+3. The Morgan fingerprint density at radius 2 is 0.393 bits per heavy atom. The van der Waals surface area contributed by atoms with Gasteiger partial charge in [-0.3, -0.25) is 0 Å². The molecule has 1 fully saturated rings. The molecule has 1 radical (unpaired) electrons. The van der Waals surface area contributed by atoms with Gasteiger partial charge in [-0.25, -0.2) is 5.56 Å². The molecule has 13 aromatic carbocycles. The predicted octanol–water partition coefficient (Wildman–Crippen LogP) is 16.7. The second kappa shape index (κ2) is 36.8. The van der Waals surface area contributed by atoms with Crippen LogP contribution in [-0.2, 0) is 67.1 Å². The van der Waals surface area contributed by atoms with Crippen LogP contribution in [-0.4, -0.2) is 0 Å². The molecule has 0 spiro atoms. The summed E-state index contributed by atoms with van der Waals surface area (Å²) in [7, 11) is -2.63. The van der Waals surface area contributed by atoms with E-state index in [1.165, 1.54) is 75.9 Å². The second-order valence-electron chi connectivity index (χ2n) is 21.2. The molecule has 0 nitrogen and oxygen atoms in total. The summed E-state index contributed by atoms with van der Waals surface area (Å²) in [5.74, 6) is 2.47. The van der Waals surface area contributed by atoms with Gasteiger partial charge in [-0.2, -0.15) is 12.1 Å². The zero-order valence-corrected chi connectivity index (χ0v) is 58.7. The minimum Gasteiger partial charge on any atom is -0.357 e. The molecule has 3 unspecified atom stereocenters. The van der Waals surface area contributed by atoms with Gasteiger partial charge in [0.15, 0.2) is 0 Å². The van der Waals surface area contributed by atoms with E-state index in [2.05, 4.69) is 401 Å². The van der Waals surface area contributed by atoms with Crippen LogP contribution in [0.15, 0.2) is 394 Å². The van der Waals surface area contributed by atoms with Gasteiger partial charge in [0, 0.05) is 22.4 Å². The summed E-state index contributed by atoms with van der Waals surface area (Å²) in [4.78, 5) is 0. The molecule has 14 rings (SSSR count). The van der Waals surface area contributed by atoms with Crippen LogP contribution in [0, 0.1) is 12.3 Å². The van der Waals surface area contributed by atoms with Crippen molar-refractivity contribution in [2.75, 3.05) is 0 Å². The minimum absolute atomic E-state index is 0. The first-order valence-electron chi connectivity index (χ1n) is 29.8. The van der Waals surface area contributed by atoms with Gasteiger partial charge in [-0.15, -0.1) is 18.1 Å². The first-order chi connectivity index (χ1) is 42.8. The van der Waals surface area contributed by atoms with Gasteiger partial charge in [0.25, 0.3) is 0 Å². The Hall–Kier alpha value is -6.76. The van der Waals surface area contributed by atoms with E-state index in [1.54, 1.807) is 0 Å². The van der Waals surface area contributed by atoms with Crippen molar-refractivity contribution in [3.05, 3.63) is 429 Å². The van der Waals surface area contributed by atoms with Crippen LogP contribution in [0.2, 0.25) is 0 Å². The number of rotatable bonds is 13. The molecule has 0 N–H and O–H groups in total. The van der Waals surface area contributed by atoms with Crippen molar-refractivity contribution in [2.45, 2.75) is 17.8 Å². The van der Waals surface area contributed by atoms with Crippen LogP contribution in [0.1, 0.15) is 40.0 Å². The average Bonchev–Trinajstić information content (AvgIpc) is 1.77. The van der Waals surface area contributed by atoms with E-state index in [0.29, 0.717) is 17.8 Å². The third-order valence-corrected chi connectivity index (χ3v) is 23.8. The molecule has 89 heavy (non-hydrogen) atoms. The van der Waals surface area contributed by atoms with Crippen molar-refractivity contribution in [2.24, 2.45) is 0 Å². The normalized spacial score (nSPS) is 13.7. The molecule has 449 valence electrons. The van der Waals surface area contributed by atoms with Crippen molar-refractivity contribution in [3.63, 3.8) is 0 Å². The maximum absolute atomic E-state index is 2.51. The minimum atomic E-state index is -0.877. The fourth-order valence-corrected chi connectivity index (χ4v) is 19.5. The monoisotopic (exact) mass is 1750 g/mol. The van der Waals surface area contributed by atoms with Crippen molar-refractivity contribution in [3.8, 4) is 0 Å².